The van der Waals surface area contributed by atoms with Crippen molar-refractivity contribution >= 4 is 17.7 Å². The minimum atomic E-state index is -0.102. The molecule has 1 amide bonds. The van der Waals surface area contributed by atoms with E-state index in [2.05, 4.69) is 70.1 Å². The average Bonchev–Trinajstić information content (AvgIpc) is 3.62. The maximum absolute atomic E-state index is 13.9. The largest absolute Gasteiger partial charge is 0.305 e. The fourth-order valence-corrected chi connectivity index (χ4v) is 5.70. The number of amides is 1. The molecule has 1 atom stereocenters. The third kappa shape index (κ3) is 4.09. The molecule has 0 N–H and O–H groups in total. The summed E-state index contributed by atoms with van der Waals surface area (Å²) in [5.41, 5.74) is 6.04. The topological polar surface area (TPSA) is 53.7 Å². The molecule has 0 fully saturated rings. The monoisotopic (exact) mass is 523 g/mol. The average molecular weight is 524 g/mol. The van der Waals surface area contributed by atoms with Crippen molar-refractivity contribution in [2.45, 2.75) is 19.5 Å². The van der Waals surface area contributed by atoms with Gasteiger partial charge in [-0.25, -0.2) is 9.98 Å². The van der Waals surface area contributed by atoms with Gasteiger partial charge in [0.25, 0.3) is 5.91 Å². The molecule has 0 spiro atoms. The lowest BCUT2D eigenvalue weighted by Crippen LogP contribution is -2.50. The second-order valence-corrected chi connectivity index (χ2v) is 10.1. The van der Waals surface area contributed by atoms with Crippen LogP contribution in [-0.2, 0) is 6.54 Å². The maximum Gasteiger partial charge on any atom is 0.283 e. The highest BCUT2D eigenvalue weighted by atomic mass is 16.2. The van der Waals surface area contributed by atoms with Gasteiger partial charge in [0.1, 0.15) is 11.6 Å². The van der Waals surface area contributed by atoms with Gasteiger partial charge >= 0.3 is 0 Å². The number of fused-ring (bicyclic) bond motifs is 3. The molecular formula is C34H29N5O. The summed E-state index contributed by atoms with van der Waals surface area (Å²) in [5.74, 6) is 2.20. The molecule has 0 saturated heterocycles. The molecule has 0 bridgehead atoms. The molecular weight excluding hydrogens is 494 g/mol. The van der Waals surface area contributed by atoms with E-state index in [9.17, 15) is 4.79 Å². The molecule has 2 aliphatic rings. The number of hydrogen-bond acceptors (Lipinski definition) is 4. The highest BCUT2D eigenvalue weighted by molar-refractivity contribution is 6.18. The van der Waals surface area contributed by atoms with Gasteiger partial charge in [0, 0.05) is 12.1 Å². The molecule has 3 heterocycles. The number of rotatable bonds is 6. The fraction of sp³-hybridized carbons (Fsp3) is 0.147. The Bertz CT molecular complexity index is 1690. The molecule has 6 heteroatoms. The second-order valence-electron chi connectivity index (χ2n) is 10.1. The Morgan fingerprint density at radius 3 is 2.02 bits per heavy atom. The summed E-state index contributed by atoms with van der Waals surface area (Å²) in [7, 11) is 0. The van der Waals surface area contributed by atoms with E-state index >= 15 is 0 Å². The second kappa shape index (κ2) is 9.97. The molecule has 196 valence electrons. The number of hydrogen-bond donors (Lipinski definition) is 0. The standard InChI is InChI=1S/C34H29N5O/c1-2-37-33(40)30-32(39-23-29(35-34(37)39)27-16-10-5-11-17-27)38(22-24-12-6-3-7-13-24)31(36-30)28-20-18-26(19-21-28)25-14-8-4-9-15-25/h3-21,29H,2,22-23H2,1H3/t29-/m0/s1. The summed E-state index contributed by atoms with van der Waals surface area (Å²) < 4.78 is 2.19. The molecule has 0 radical (unpaired) electrons. The van der Waals surface area contributed by atoms with Crippen molar-refractivity contribution in [3.05, 3.63) is 132 Å². The molecule has 0 unspecified atom stereocenters. The first-order valence-corrected chi connectivity index (χ1v) is 13.7. The van der Waals surface area contributed by atoms with Crippen LogP contribution in [0.3, 0.4) is 0 Å². The normalized spacial score (nSPS) is 16.1. The van der Waals surface area contributed by atoms with Gasteiger partial charge in [0.15, 0.2) is 5.69 Å². The Balaban J connectivity index is 1.36. The lowest BCUT2D eigenvalue weighted by molar-refractivity contribution is 0.0841. The summed E-state index contributed by atoms with van der Waals surface area (Å²) >= 11 is 0. The van der Waals surface area contributed by atoms with Crippen molar-refractivity contribution in [2.75, 3.05) is 18.0 Å². The number of aromatic nitrogens is 2. The van der Waals surface area contributed by atoms with Crippen LogP contribution in [0.4, 0.5) is 5.82 Å². The van der Waals surface area contributed by atoms with Crippen LogP contribution in [0.5, 0.6) is 0 Å². The Labute approximate surface area is 233 Å². The van der Waals surface area contributed by atoms with Gasteiger partial charge in [0.2, 0.25) is 5.96 Å². The van der Waals surface area contributed by atoms with Gasteiger partial charge in [0.05, 0.1) is 19.1 Å². The van der Waals surface area contributed by atoms with E-state index in [1.54, 1.807) is 4.90 Å². The maximum atomic E-state index is 13.9. The third-order valence-corrected chi connectivity index (χ3v) is 7.69. The van der Waals surface area contributed by atoms with Crippen LogP contribution in [0.1, 0.15) is 34.6 Å². The number of anilines is 1. The van der Waals surface area contributed by atoms with Crippen LogP contribution in [0, 0.1) is 0 Å². The predicted molar refractivity (Wildman–Crippen MR) is 159 cm³/mol. The predicted octanol–water partition coefficient (Wildman–Crippen LogP) is 6.66. The van der Waals surface area contributed by atoms with E-state index in [1.165, 1.54) is 5.56 Å². The van der Waals surface area contributed by atoms with Crippen LogP contribution >= 0.6 is 0 Å². The molecule has 6 nitrogen and oxygen atoms in total. The van der Waals surface area contributed by atoms with Crippen molar-refractivity contribution in [2.24, 2.45) is 4.99 Å². The van der Waals surface area contributed by atoms with E-state index in [1.807, 2.05) is 61.5 Å². The lowest BCUT2D eigenvalue weighted by atomic mass is 10.0. The van der Waals surface area contributed by atoms with Crippen molar-refractivity contribution < 1.29 is 4.79 Å². The minimum Gasteiger partial charge on any atom is -0.305 e. The van der Waals surface area contributed by atoms with E-state index < -0.39 is 0 Å². The van der Waals surface area contributed by atoms with Crippen molar-refractivity contribution in [1.29, 1.82) is 0 Å². The number of aliphatic imine (C=N–C) groups is 1. The number of guanidine groups is 1. The van der Waals surface area contributed by atoms with Crippen molar-refractivity contribution in [1.82, 2.24) is 14.5 Å². The quantitative estimate of drug-likeness (QED) is 0.250. The van der Waals surface area contributed by atoms with Crippen LogP contribution in [0.15, 0.2) is 120 Å². The Morgan fingerprint density at radius 1 is 0.750 bits per heavy atom. The third-order valence-electron chi connectivity index (χ3n) is 7.69. The fourth-order valence-electron chi connectivity index (χ4n) is 5.70. The number of nitrogens with zero attached hydrogens (tertiary/aromatic N) is 5. The summed E-state index contributed by atoms with van der Waals surface area (Å²) in [6.45, 7) is 3.77. The molecule has 0 saturated carbocycles. The first-order chi connectivity index (χ1) is 19.7. The highest BCUT2D eigenvalue weighted by Crippen LogP contribution is 2.39. The summed E-state index contributed by atoms with van der Waals surface area (Å²) in [4.78, 5) is 27.9. The van der Waals surface area contributed by atoms with Crippen LogP contribution < -0.4 is 4.90 Å². The van der Waals surface area contributed by atoms with Crippen LogP contribution in [-0.4, -0.2) is 39.4 Å². The Morgan fingerprint density at radius 2 is 1.35 bits per heavy atom. The van der Waals surface area contributed by atoms with E-state index in [0.29, 0.717) is 31.3 Å². The van der Waals surface area contributed by atoms with E-state index in [0.717, 1.165) is 33.9 Å². The van der Waals surface area contributed by atoms with Gasteiger partial charge in [-0.2, -0.15) is 0 Å². The summed E-state index contributed by atoms with van der Waals surface area (Å²) in [5, 5.41) is 0. The zero-order valence-corrected chi connectivity index (χ0v) is 22.3. The van der Waals surface area contributed by atoms with Crippen LogP contribution in [0.25, 0.3) is 22.5 Å². The molecule has 0 aliphatic carbocycles. The van der Waals surface area contributed by atoms with Crippen molar-refractivity contribution in [3.63, 3.8) is 0 Å². The lowest BCUT2D eigenvalue weighted by Gasteiger charge is -2.33. The van der Waals surface area contributed by atoms with Gasteiger partial charge in [-0.05, 0) is 29.2 Å². The molecule has 4 aromatic carbocycles. The van der Waals surface area contributed by atoms with Crippen LogP contribution in [0.2, 0.25) is 0 Å². The SMILES string of the molecule is CCN1C(=O)c2nc(-c3ccc(-c4ccccc4)cc3)n(Cc3ccccc3)c2N2C[C@@H](c3ccccc3)N=C12. The number of carbonyl (C=O) groups is 1. The smallest absolute Gasteiger partial charge is 0.283 e. The molecule has 2 aliphatic heterocycles. The number of benzene rings is 4. The first-order valence-electron chi connectivity index (χ1n) is 13.7. The van der Waals surface area contributed by atoms with Gasteiger partial charge in [-0.1, -0.05) is 115 Å². The molecule has 5 aromatic rings. The zero-order chi connectivity index (χ0) is 27.1. The van der Waals surface area contributed by atoms with Gasteiger partial charge < -0.3 is 4.57 Å². The van der Waals surface area contributed by atoms with Crippen molar-refractivity contribution in [3.8, 4) is 22.5 Å². The summed E-state index contributed by atoms with van der Waals surface area (Å²) in [6, 6.07) is 39.4. The number of imidazole rings is 1. The zero-order valence-electron chi connectivity index (χ0n) is 22.3. The Kier molecular flexibility index (Phi) is 6.00. The Hall–Kier alpha value is -4.97. The molecule has 40 heavy (non-hydrogen) atoms. The highest BCUT2D eigenvalue weighted by Gasteiger charge is 2.43. The van der Waals surface area contributed by atoms with Gasteiger partial charge in [-0.15, -0.1) is 0 Å². The summed E-state index contributed by atoms with van der Waals surface area (Å²) in [6.07, 6.45) is 0. The minimum absolute atomic E-state index is 0.0577. The molecule has 1 aromatic heterocycles. The van der Waals surface area contributed by atoms with Gasteiger partial charge in [-0.3, -0.25) is 14.6 Å². The first kappa shape index (κ1) is 24.1. The number of carbonyl (C=O) groups excluding carboxylic acids is 1. The molecule has 7 rings (SSSR count). The van der Waals surface area contributed by atoms with E-state index in [-0.39, 0.29) is 11.9 Å². The van der Waals surface area contributed by atoms with E-state index in [4.69, 9.17) is 9.98 Å².